The summed E-state index contributed by atoms with van der Waals surface area (Å²) in [4.78, 5) is 12.1. The number of hydrogen-bond donors (Lipinski definition) is 2. The van der Waals surface area contributed by atoms with Crippen molar-refractivity contribution in [3.8, 4) is 0 Å². The van der Waals surface area contributed by atoms with Crippen molar-refractivity contribution >= 4 is 23.2 Å². The summed E-state index contributed by atoms with van der Waals surface area (Å²) in [5.74, 6) is -0.938. The Morgan fingerprint density at radius 1 is 1.17 bits per heavy atom. The van der Waals surface area contributed by atoms with Crippen LogP contribution in [0.15, 0.2) is 42.5 Å². The van der Waals surface area contributed by atoms with Crippen LogP contribution in [0, 0.1) is 17.6 Å². The van der Waals surface area contributed by atoms with Crippen molar-refractivity contribution in [3.63, 3.8) is 0 Å². The first-order valence-corrected chi connectivity index (χ1v) is 8.08. The summed E-state index contributed by atoms with van der Waals surface area (Å²) in [7, 11) is 0. The predicted octanol–water partition coefficient (Wildman–Crippen LogP) is 3.52. The third kappa shape index (κ3) is 5.01. The number of carbonyl (C=O) groups excluding carboxylic acids is 1. The van der Waals surface area contributed by atoms with Gasteiger partial charge in [0.25, 0.3) is 5.91 Å². The molecule has 0 bridgehead atoms. The quantitative estimate of drug-likeness (QED) is 0.820. The van der Waals surface area contributed by atoms with Crippen LogP contribution in [0.25, 0.3) is 0 Å². The van der Waals surface area contributed by atoms with Crippen molar-refractivity contribution in [2.75, 3.05) is 11.9 Å². The van der Waals surface area contributed by atoms with Gasteiger partial charge in [0.05, 0.1) is 5.69 Å². The van der Waals surface area contributed by atoms with Gasteiger partial charge in [-0.1, -0.05) is 37.6 Å². The zero-order valence-electron chi connectivity index (χ0n) is 13.5. The minimum atomic E-state index is -0.574. The van der Waals surface area contributed by atoms with E-state index in [1.54, 1.807) is 12.1 Å². The Balaban J connectivity index is 1.98. The molecule has 0 unspecified atom stereocenters. The van der Waals surface area contributed by atoms with Gasteiger partial charge in [-0.2, -0.15) is 0 Å². The summed E-state index contributed by atoms with van der Waals surface area (Å²) >= 11 is 5.68. The van der Waals surface area contributed by atoms with Gasteiger partial charge < -0.3 is 10.6 Å². The molecule has 0 aliphatic rings. The minimum absolute atomic E-state index is 0.00594. The monoisotopic (exact) mass is 353 g/mol. The Morgan fingerprint density at radius 2 is 1.83 bits per heavy atom. The lowest BCUT2D eigenvalue weighted by Gasteiger charge is -2.19. The summed E-state index contributed by atoms with van der Waals surface area (Å²) in [6, 6.07) is 10.3. The van der Waals surface area contributed by atoms with Crippen LogP contribution in [0.2, 0.25) is 5.02 Å². The number of quaternary nitrogens is 1. The number of nitrogens with two attached hydrogens (primary N) is 1. The zero-order chi connectivity index (χ0) is 17.7. The van der Waals surface area contributed by atoms with E-state index in [2.05, 4.69) is 5.32 Å². The molecule has 2 aromatic carbocycles. The van der Waals surface area contributed by atoms with Crippen molar-refractivity contribution in [3.05, 3.63) is 64.7 Å². The minimum Gasteiger partial charge on any atom is -0.332 e. The van der Waals surface area contributed by atoms with E-state index in [9.17, 15) is 13.6 Å². The van der Waals surface area contributed by atoms with Crippen LogP contribution in [0.1, 0.15) is 25.5 Å². The lowest BCUT2D eigenvalue weighted by Crippen LogP contribution is -2.88. The topological polar surface area (TPSA) is 45.7 Å². The lowest BCUT2D eigenvalue weighted by atomic mass is 9.96. The zero-order valence-corrected chi connectivity index (χ0v) is 14.3. The van der Waals surface area contributed by atoms with Gasteiger partial charge >= 0.3 is 0 Å². The number of halogens is 3. The van der Waals surface area contributed by atoms with E-state index in [1.807, 2.05) is 19.2 Å². The van der Waals surface area contributed by atoms with Gasteiger partial charge in [0.1, 0.15) is 17.7 Å². The van der Waals surface area contributed by atoms with E-state index >= 15 is 0 Å². The Bertz CT molecular complexity index is 705. The predicted molar refractivity (Wildman–Crippen MR) is 90.8 cm³/mol. The Morgan fingerprint density at radius 3 is 2.42 bits per heavy atom. The number of carbonyl (C=O) groups is 1. The third-order valence-corrected chi connectivity index (χ3v) is 3.97. The molecule has 2 rings (SSSR count). The van der Waals surface area contributed by atoms with Crippen LogP contribution >= 0.6 is 11.6 Å². The van der Waals surface area contributed by atoms with Crippen molar-refractivity contribution < 1.29 is 18.9 Å². The highest BCUT2D eigenvalue weighted by Gasteiger charge is 2.21. The molecule has 0 spiro atoms. The number of benzene rings is 2. The second kappa shape index (κ2) is 8.22. The number of anilines is 1. The molecule has 128 valence electrons. The molecule has 0 aromatic heterocycles. The van der Waals surface area contributed by atoms with Gasteiger partial charge in [0.2, 0.25) is 0 Å². The maximum Gasteiger partial charge on any atom is 0.279 e. The summed E-state index contributed by atoms with van der Waals surface area (Å²) < 4.78 is 26.8. The van der Waals surface area contributed by atoms with Gasteiger partial charge in [0, 0.05) is 16.5 Å². The Labute approximate surface area is 145 Å². The molecule has 0 fully saturated rings. The maximum absolute atomic E-state index is 13.7. The molecule has 3 nitrogen and oxygen atoms in total. The van der Waals surface area contributed by atoms with Crippen LogP contribution < -0.4 is 10.6 Å². The van der Waals surface area contributed by atoms with Gasteiger partial charge in [0.15, 0.2) is 6.54 Å². The number of nitrogens with one attached hydrogen (secondary N) is 1. The molecule has 0 aliphatic heterocycles. The summed E-state index contributed by atoms with van der Waals surface area (Å²) in [6.07, 6.45) is 0. The van der Waals surface area contributed by atoms with Crippen LogP contribution in [0.3, 0.4) is 0 Å². The molecule has 0 saturated heterocycles. The van der Waals surface area contributed by atoms with Crippen molar-refractivity contribution in [2.24, 2.45) is 5.92 Å². The maximum atomic E-state index is 13.7. The molecule has 2 aromatic rings. The van der Waals surface area contributed by atoms with Gasteiger partial charge in [-0.15, -0.1) is 0 Å². The fourth-order valence-electron chi connectivity index (χ4n) is 2.50. The standard InChI is InChI=1S/C18H19ClF2N2O/c1-11(2)18(12-3-6-14(20)7-4-12)22-10-17(24)23-16-8-5-13(19)9-15(16)21/h3-9,11,18,22H,10H2,1-2H3,(H,23,24)/p+1/t18-/m1/s1. The number of rotatable bonds is 6. The number of amides is 1. The molecular weight excluding hydrogens is 334 g/mol. The largest absolute Gasteiger partial charge is 0.332 e. The number of hydrogen-bond acceptors (Lipinski definition) is 1. The summed E-state index contributed by atoms with van der Waals surface area (Å²) in [5.41, 5.74) is 1.04. The van der Waals surface area contributed by atoms with E-state index < -0.39 is 5.82 Å². The van der Waals surface area contributed by atoms with Crippen LogP contribution in [0.4, 0.5) is 14.5 Å². The van der Waals surface area contributed by atoms with E-state index in [4.69, 9.17) is 11.6 Å². The molecule has 6 heteroatoms. The molecule has 3 N–H and O–H groups in total. The molecule has 0 aliphatic carbocycles. The first-order chi connectivity index (χ1) is 11.4. The molecule has 1 amide bonds. The van der Waals surface area contributed by atoms with Crippen LogP contribution in [0.5, 0.6) is 0 Å². The lowest BCUT2D eigenvalue weighted by molar-refractivity contribution is -0.692. The molecule has 0 radical (unpaired) electrons. The van der Waals surface area contributed by atoms with Crippen LogP contribution in [-0.4, -0.2) is 12.5 Å². The second-order valence-corrected chi connectivity index (χ2v) is 6.37. The highest BCUT2D eigenvalue weighted by atomic mass is 35.5. The Hall–Kier alpha value is -1.98. The smallest absolute Gasteiger partial charge is 0.279 e. The molecule has 0 heterocycles. The summed E-state index contributed by atoms with van der Waals surface area (Å²) in [5, 5.41) is 4.66. The molecule has 24 heavy (non-hydrogen) atoms. The first-order valence-electron chi connectivity index (χ1n) is 7.70. The first kappa shape index (κ1) is 18.4. The van der Waals surface area contributed by atoms with Crippen molar-refractivity contribution in [1.82, 2.24) is 0 Å². The van der Waals surface area contributed by atoms with E-state index in [0.29, 0.717) is 0 Å². The SMILES string of the molecule is CC(C)[C@@H]([NH2+]CC(=O)Nc1ccc(Cl)cc1F)c1ccc(F)cc1. The summed E-state index contributed by atoms with van der Waals surface area (Å²) in [6.45, 7) is 4.19. The van der Waals surface area contributed by atoms with Gasteiger partial charge in [-0.3, -0.25) is 4.79 Å². The van der Waals surface area contributed by atoms with Crippen molar-refractivity contribution in [1.29, 1.82) is 0 Å². The average molecular weight is 354 g/mol. The fourth-order valence-corrected chi connectivity index (χ4v) is 2.66. The van der Waals surface area contributed by atoms with E-state index in [1.165, 1.54) is 24.3 Å². The Kier molecular flexibility index (Phi) is 6.29. The van der Waals surface area contributed by atoms with Gasteiger partial charge in [-0.05, 0) is 30.3 Å². The molecular formula is C18H20ClF2N2O+. The fraction of sp³-hybridized carbons (Fsp3) is 0.278. The van der Waals surface area contributed by atoms with Crippen LogP contribution in [-0.2, 0) is 4.79 Å². The highest BCUT2D eigenvalue weighted by Crippen LogP contribution is 2.19. The van der Waals surface area contributed by atoms with E-state index in [0.717, 1.165) is 11.6 Å². The molecule has 0 saturated carbocycles. The molecule has 1 atom stereocenters. The van der Waals surface area contributed by atoms with E-state index in [-0.39, 0.29) is 40.9 Å². The second-order valence-electron chi connectivity index (χ2n) is 5.93. The third-order valence-electron chi connectivity index (χ3n) is 3.74. The average Bonchev–Trinajstić information content (AvgIpc) is 2.52. The highest BCUT2D eigenvalue weighted by molar-refractivity contribution is 6.30. The normalized spacial score (nSPS) is 12.2. The van der Waals surface area contributed by atoms with Gasteiger partial charge in [-0.25, -0.2) is 8.78 Å². The van der Waals surface area contributed by atoms with Crippen molar-refractivity contribution in [2.45, 2.75) is 19.9 Å².